The molecule has 2 aromatic rings. The molecule has 14 heavy (non-hydrogen) atoms. The van der Waals surface area contributed by atoms with Crippen molar-refractivity contribution in [2.24, 2.45) is 0 Å². The Morgan fingerprint density at radius 1 is 1.50 bits per heavy atom. The van der Waals surface area contributed by atoms with Gasteiger partial charge in [-0.3, -0.25) is 0 Å². The maximum absolute atomic E-state index is 5.62. The van der Waals surface area contributed by atoms with E-state index in [9.17, 15) is 0 Å². The number of imidazole rings is 1. The van der Waals surface area contributed by atoms with Gasteiger partial charge in [0.1, 0.15) is 5.82 Å². The smallest absolute Gasteiger partial charge is 0.224 e. The highest BCUT2D eigenvalue weighted by Crippen LogP contribution is 2.06. The van der Waals surface area contributed by atoms with Crippen LogP contribution in [0.2, 0.25) is 5.28 Å². The Bertz CT molecular complexity index is 400. The molecule has 0 spiro atoms. The lowest BCUT2D eigenvalue weighted by molar-refractivity contribution is 1.04. The average molecular weight is 210 g/mol. The summed E-state index contributed by atoms with van der Waals surface area (Å²) in [5.41, 5.74) is 0.986. The van der Waals surface area contributed by atoms with Gasteiger partial charge in [-0.2, -0.15) is 0 Å². The number of hydrogen-bond donors (Lipinski definition) is 2. The summed E-state index contributed by atoms with van der Waals surface area (Å²) < 4.78 is 0. The maximum Gasteiger partial charge on any atom is 0.224 e. The summed E-state index contributed by atoms with van der Waals surface area (Å²) in [6, 6.07) is 1.75. The number of aromatic amines is 1. The molecule has 0 saturated heterocycles. The van der Waals surface area contributed by atoms with Gasteiger partial charge in [-0.25, -0.2) is 15.0 Å². The van der Waals surface area contributed by atoms with Gasteiger partial charge in [0.15, 0.2) is 0 Å². The minimum absolute atomic E-state index is 0.236. The molecule has 0 fully saturated rings. The van der Waals surface area contributed by atoms with Crippen LogP contribution in [0.5, 0.6) is 0 Å². The van der Waals surface area contributed by atoms with Crippen LogP contribution < -0.4 is 5.32 Å². The van der Waals surface area contributed by atoms with E-state index in [-0.39, 0.29) is 5.28 Å². The number of rotatable bonds is 3. The van der Waals surface area contributed by atoms with Crippen LogP contribution >= 0.6 is 11.6 Å². The first-order valence-corrected chi connectivity index (χ1v) is 4.42. The van der Waals surface area contributed by atoms with E-state index in [1.54, 1.807) is 24.8 Å². The van der Waals surface area contributed by atoms with Crippen molar-refractivity contribution < 1.29 is 0 Å². The van der Waals surface area contributed by atoms with E-state index in [2.05, 4.69) is 25.3 Å². The van der Waals surface area contributed by atoms with Crippen LogP contribution in [0.4, 0.5) is 5.82 Å². The molecule has 0 radical (unpaired) electrons. The van der Waals surface area contributed by atoms with E-state index in [1.165, 1.54) is 0 Å². The second-order valence-corrected chi connectivity index (χ2v) is 2.98. The van der Waals surface area contributed by atoms with E-state index < -0.39 is 0 Å². The Morgan fingerprint density at radius 3 is 3.14 bits per heavy atom. The minimum atomic E-state index is 0.236. The van der Waals surface area contributed by atoms with Gasteiger partial charge in [0, 0.05) is 12.4 Å². The van der Waals surface area contributed by atoms with E-state index in [0.29, 0.717) is 12.4 Å². The highest BCUT2D eigenvalue weighted by atomic mass is 35.5. The largest absolute Gasteiger partial charge is 0.364 e. The quantitative estimate of drug-likeness (QED) is 0.752. The highest BCUT2D eigenvalue weighted by molar-refractivity contribution is 6.28. The Morgan fingerprint density at radius 2 is 2.43 bits per heavy atom. The summed E-state index contributed by atoms with van der Waals surface area (Å²) in [6.07, 6.45) is 4.98. The summed E-state index contributed by atoms with van der Waals surface area (Å²) in [6.45, 7) is 0.632. The first-order valence-electron chi connectivity index (χ1n) is 4.04. The fraction of sp³-hybridized carbons (Fsp3) is 0.125. The van der Waals surface area contributed by atoms with Crippen molar-refractivity contribution in [1.82, 2.24) is 19.9 Å². The lowest BCUT2D eigenvalue weighted by Crippen LogP contribution is -2.01. The Hall–Kier alpha value is -1.62. The number of aromatic nitrogens is 4. The zero-order chi connectivity index (χ0) is 9.80. The van der Waals surface area contributed by atoms with E-state index in [1.807, 2.05) is 0 Å². The van der Waals surface area contributed by atoms with Crippen molar-refractivity contribution in [3.63, 3.8) is 0 Å². The lowest BCUT2D eigenvalue weighted by atomic mass is 10.4. The first-order chi connectivity index (χ1) is 6.84. The van der Waals surface area contributed by atoms with Crippen molar-refractivity contribution in [1.29, 1.82) is 0 Å². The lowest BCUT2D eigenvalue weighted by Gasteiger charge is -2.02. The van der Waals surface area contributed by atoms with Gasteiger partial charge in [0.2, 0.25) is 5.28 Å². The summed E-state index contributed by atoms with van der Waals surface area (Å²) in [7, 11) is 0. The van der Waals surface area contributed by atoms with Crippen LogP contribution in [0.1, 0.15) is 5.69 Å². The number of halogens is 1. The van der Waals surface area contributed by atoms with Crippen LogP contribution in [0.25, 0.3) is 0 Å². The molecule has 72 valence electrons. The molecule has 0 saturated carbocycles. The predicted octanol–water partition coefficient (Wildman–Crippen LogP) is 1.47. The molecular weight excluding hydrogens is 202 g/mol. The summed E-state index contributed by atoms with van der Waals surface area (Å²) in [5.74, 6) is 0.694. The molecule has 0 amide bonds. The van der Waals surface area contributed by atoms with Crippen molar-refractivity contribution in [2.45, 2.75) is 6.54 Å². The third-order valence-electron chi connectivity index (χ3n) is 1.64. The number of H-pyrrole nitrogens is 1. The summed E-state index contributed by atoms with van der Waals surface area (Å²) >= 11 is 5.62. The van der Waals surface area contributed by atoms with Crippen LogP contribution in [-0.4, -0.2) is 19.9 Å². The second-order valence-electron chi connectivity index (χ2n) is 2.64. The van der Waals surface area contributed by atoms with Crippen LogP contribution in [-0.2, 0) is 6.54 Å². The number of nitrogens with one attached hydrogen (secondary N) is 2. The van der Waals surface area contributed by atoms with Gasteiger partial charge >= 0.3 is 0 Å². The molecule has 0 aliphatic heterocycles. The van der Waals surface area contributed by atoms with Crippen molar-refractivity contribution in [3.8, 4) is 0 Å². The zero-order valence-electron chi connectivity index (χ0n) is 7.24. The monoisotopic (exact) mass is 209 g/mol. The molecule has 0 aromatic carbocycles. The Labute approximate surface area is 85.6 Å². The van der Waals surface area contributed by atoms with Crippen LogP contribution in [0.3, 0.4) is 0 Å². The zero-order valence-corrected chi connectivity index (χ0v) is 7.99. The normalized spacial score (nSPS) is 10.1. The maximum atomic E-state index is 5.62. The van der Waals surface area contributed by atoms with Gasteiger partial charge in [0.25, 0.3) is 0 Å². The standard InChI is InChI=1S/C8H8ClN5/c9-8-11-2-1-7(14-8)12-4-6-3-10-5-13-6/h1-3,5H,4H2,(H,10,13)(H,11,12,14). The molecule has 0 unspecified atom stereocenters. The number of hydrogen-bond acceptors (Lipinski definition) is 4. The summed E-state index contributed by atoms with van der Waals surface area (Å²) in [5, 5.41) is 3.32. The molecule has 2 heterocycles. The third-order valence-corrected chi connectivity index (χ3v) is 1.82. The molecule has 2 aromatic heterocycles. The Kier molecular flexibility index (Phi) is 2.60. The summed E-state index contributed by atoms with van der Waals surface area (Å²) in [4.78, 5) is 14.6. The molecule has 2 N–H and O–H groups in total. The van der Waals surface area contributed by atoms with Crippen molar-refractivity contribution in [3.05, 3.63) is 35.8 Å². The SMILES string of the molecule is Clc1nccc(NCc2cnc[nH]2)n1. The molecule has 0 atom stereocenters. The molecule has 2 rings (SSSR count). The van der Waals surface area contributed by atoms with E-state index in [0.717, 1.165) is 5.69 Å². The van der Waals surface area contributed by atoms with Crippen molar-refractivity contribution >= 4 is 17.4 Å². The van der Waals surface area contributed by atoms with E-state index in [4.69, 9.17) is 11.6 Å². The molecule has 6 heteroatoms. The fourth-order valence-corrected chi connectivity index (χ4v) is 1.15. The third kappa shape index (κ3) is 2.20. The molecule has 5 nitrogen and oxygen atoms in total. The van der Waals surface area contributed by atoms with Gasteiger partial charge in [-0.15, -0.1) is 0 Å². The van der Waals surface area contributed by atoms with Crippen LogP contribution in [0, 0.1) is 0 Å². The minimum Gasteiger partial charge on any atom is -0.364 e. The average Bonchev–Trinajstić information content (AvgIpc) is 2.67. The molecule has 0 bridgehead atoms. The topological polar surface area (TPSA) is 66.5 Å². The van der Waals surface area contributed by atoms with Crippen LogP contribution in [0.15, 0.2) is 24.8 Å². The predicted molar refractivity (Wildman–Crippen MR) is 53.0 cm³/mol. The van der Waals surface area contributed by atoms with Gasteiger partial charge in [-0.05, 0) is 17.7 Å². The number of nitrogens with zero attached hydrogens (tertiary/aromatic N) is 3. The molecule has 0 aliphatic rings. The fourth-order valence-electron chi connectivity index (χ4n) is 1.00. The Balaban J connectivity index is 1.98. The number of anilines is 1. The molecule has 0 aliphatic carbocycles. The first kappa shape index (κ1) is 8.96. The highest BCUT2D eigenvalue weighted by Gasteiger charge is 1.96. The second kappa shape index (κ2) is 4.06. The van der Waals surface area contributed by atoms with Crippen molar-refractivity contribution in [2.75, 3.05) is 5.32 Å². The molecular formula is C8H8ClN5. The van der Waals surface area contributed by atoms with Gasteiger partial charge < -0.3 is 10.3 Å². The van der Waals surface area contributed by atoms with Gasteiger partial charge in [0.05, 0.1) is 18.6 Å². The van der Waals surface area contributed by atoms with E-state index >= 15 is 0 Å². The van der Waals surface area contributed by atoms with Gasteiger partial charge in [-0.1, -0.05) is 0 Å².